The summed E-state index contributed by atoms with van der Waals surface area (Å²) in [6.45, 7) is 2.86. The van der Waals surface area contributed by atoms with E-state index in [1.807, 2.05) is 37.3 Å². The van der Waals surface area contributed by atoms with Crippen molar-refractivity contribution in [3.63, 3.8) is 0 Å². The fourth-order valence-electron chi connectivity index (χ4n) is 3.16. The average Bonchev–Trinajstić information content (AvgIpc) is 3.16. The number of rotatable bonds is 5. The van der Waals surface area contributed by atoms with Crippen molar-refractivity contribution in [3.8, 4) is 0 Å². The van der Waals surface area contributed by atoms with Gasteiger partial charge < -0.3 is 20.7 Å². The molecule has 0 saturated carbocycles. The number of amides is 1. The number of anilines is 1. The number of guanidine groups is 1. The van der Waals surface area contributed by atoms with Crippen LogP contribution >= 0.6 is 24.0 Å². The summed E-state index contributed by atoms with van der Waals surface area (Å²) in [7, 11) is 0. The molecule has 6 nitrogen and oxygen atoms in total. The van der Waals surface area contributed by atoms with Crippen LogP contribution in [0.5, 0.6) is 0 Å². The molecule has 2 fully saturated rings. The molecule has 3 N–H and O–H groups in total. The molecule has 0 spiro atoms. The SMILES string of the molecule is CCNC(=NCC(=O)Nc1ccccc1)NC1CC2CCC1O2.I. The quantitative estimate of drug-likeness (QED) is 0.370. The van der Waals surface area contributed by atoms with Crippen molar-refractivity contribution in [2.45, 2.75) is 44.4 Å². The first-order chi connectivity index (χ1) is 11.2. The first-order valence-electron chi connectivity index (χ1n) is 8.30. The maximum atomic E-state index is 12.0. The van der Waals surface area contributed by atoms with Crippen LogP contribution in [0, 0.1) is 0 Å². The second-order valence-corrected chi connectivity index (χ2v) is 5.97. The van der Waals surface area contributed by atoms with Gasteiger partial charge in [0.2, 0.25) is 5.91 Å². The van der Waals surface area contributed by atoms with Crippen LogP contribution in [-0.2, 0) is 9.53 Å². The van der Waals surface area contributed by atoms with E-state index < -0.39 is 0 Å². The summed E-state index contributed by atoms with van der Waals surface area (Å²) in [5.74, 6) is 0.550. The number of carbonyl (C=O) groups excluding carboxylic acids is 1. The van der Waals surface area contributed by atoms with Crippen molar-refractivity contribution in [3.05, 3.63) is 30.3 Å². The number of para-hydroxylation sites is 1. The number of carbonyl (C=O) groups is 1. The minimum Gasteiger partial charge on any atom is -0.373 e. The van der Waals surface area contributed by atoms with Gasteiger partial charge in [0.25, 0.3) is 0 Å². The van der Waals surface area contributed by atoms with Crippen LogP contribution in [0.25, 0.3) is 0 Å². The molecule has 2 heterocycles. The summed E-state index contributed by atoms with van der Waals surface area (Å²) >= 11 is 0. The number of hydrogen-bond acceptors (Lipinski definition) is 3. The minimum atomic E-state index is -0.127. The van der Waals surface area contributed by atoms with Gasteiger partial charge in [-0.05, 0) is 38.3 Å². The largest absolute Gasteiger partial charge is 0.373 e. The number of halogens is 1. The first-order valence-corrected chi connectivity index (χ1v) is 8.30. The van der Waals surface area contributed by atoms with Gasteiger partial charge in [-0.1, -0.05) is 18.2 Å². The Hall–Kier alpha value is -1.35. The third-order valence-electron chi connectivity index (χ3n) is 4.21. The lowest BCUT2D eigenvalue weighted by Gasteiger charge is -2.22. The highest BCUT2D eigenvalue weighted by Gasteiger charge is 2.41. The molecule has 3 atom stereocenters. The van der Waals surface area contributed by atoms with Crippen LogP contribution in [0.4, 0.5) is 5.69 Å². The van der Waals surface area contributed by atoms with Crippen LogP contribution in [0.15, 0.2) is 35.3 Å². The van der Waals surface area contributed by atoms with Crippen LogP contribution in [0.2, 0.25) is 0 Å². The average molecular weight is 444 g/mol. The predicted octanol–water partition coefficient (Wildman–Crippen LogP) is 2.12. The van der Waals surface area contributed by atoms with Crippen molar-refractivity contribution >= 4 is 41.5 Å². The third kappa shape index (κ3) is 5.07. The van der Waals surface area contributed by atoms with Crippen molar-refractivity contribution in [1.82, 2.24) is 10.6 Å². The van der Waals surface area contributed by atoms with E-state index in [0.717, 1.165) is 31.5 Å². The Morgan fingerprint density at radius 3 is 2.71 bits per heavy atom. The number of nitrogens with zero attached hydrogens (tertiary/aromatic N) is 1. The zero-order chi connectivity index (χ0) is 16.1. The number of ether oxygens (including phenoxy) is 1. The normalized spacial score (nSPS) is 25.0. The van der Waals surface area contributed by atoms with E-state index in [9.17, 15) is 4.79 Å². The number of benzene rings is 1. The highest BCUT2D eigenvalue weighted by Crippen LogP contribution is 2.34. The lowest BCUT2D eigenvalue weighted by molar-refractivity contribution is -0.114. The molecular weight excluding hydrogens is 419 g/mol. The Morgan fingerprint density at radius 1 is 1.29 bits per heavy atom. The topological polar surface area (TPSA) is 74.8 Å². The van der Waals surface area contributed by atoms with Gasteiger partial charge in [0.15, 0.2) is 5.96 Å². The zero-order valence-corrected chi connectivity index (χ0v) is 16.2. The fourth-order valence-corrected chi connectivity index (χ4v) is 3.16. The molecule has 0 radical (unpaired) electrons. The Labute approximate surface area is 159 Å². The molecule has 2 bridgehead atoms. The molecule has 2 aliphatic rings. The third-order valence-corrected chi connectivity index (χ3v) is 4.21. The highest BCUT2D eigenvalue weighted by atomic mass is 127. The molecule has 24 heavy (non-hydrogen) atoms. The van der Waals surface area contributed by atoms with Gasteiger partial charge in [-0.25, -0.2) is 4.99 Å². The Bertz CT molecular complexity index is 567. The maximum Gasteiger partial charge on any atom is 0.246 e. The van der Waals surface area contributed by atoms with Crippen LogP contribution in [-0.4, -0.2) is 43.2 Å². The highest BCUT2D eigenvalue weighted by molar-refractivity contribution is 14.0. The van der Waals surface area contributed by atoms with Gasteiger partial charge >= 0.3 is 0 Å². The number of hydrogen-bond donors (Lipinski definition) is 3. The number of fused-ring (bicyclic) bond motifs is 2. The van der Waals surface area contributed by atoms with Gasteiger partial charge in [-0.2, -0.15) is 0 Å². The van der Waals surface area contributed by atoms with Gasteiger partial charge in [-0.3, -0.25) is 4.79 Å². The van der Waals surface area contributed by atoms with E-state index in [1.165, 1.54) is 0 Å². The lowest BCUT2D eigenvalue weighted by atomic mass is 9.96. The molecule has 1 aromatic carbocycles. The molecule has 7 heteroatoms. The molecule has 2 saturated heterocycles. The van der Waals surface area contributed by atoms with E-state index in [4.69, 9.17) is 4.74 Å². The molecule has 3 rings (SSSR count). The van der Waals surface area contributed by atoms with Crippen molar-refractivity contribution in [2.24, 2.45) is 4.99 Å². The summed E-state index contributed by atoms with van der Waals surface area (Å²) in [4.78, 5) is 16.4. The van der Waals surface area contributed by atoms with Gasteiger partial charge in [0.05, 0.1) is 18.2 Å². The van der Waals surface area contributed by atoms with E-state index >= 15 is 0 Å². The summed E-state index contributed by atoms with van der Waals surface area (Å²) < 4.78 is 5.84. The zero-order valence-electron chi connectivity index (χ0n) is 13.8. The smallest absolute Gasteiger partial charge is 0.246 e. The summed E-state index contributed by atoms with van der Waals surface area (Å²) in [5, 5.41) is 9.43. The monoisotopic (exact) mass is 444 g/mol. The lowest BCUT2D eigenvalue weighted by Crippen LogP contribution is -2.47. The van der Waals surface area contributed by atoms with Gasteiger partial charge in [0.1, 0.15) is 6.54 Å². The summed E-state index contributed by atoms with van der Waals surface area (Å²) in [6.07, 6.45) is 3.96. The van der Waals surface area contributed by atoms with Crippen LogP contribution in [0.3, 0.4) is 0 Å². The molecule has 1 amide bonds. The van der Waals surface area contributed by atoms with E-state index in [1.54, 1.807) is 0 Å². The Morgan fingerprint density at radius 2 is 2.08 bits per heavy atom. The van der Waals surface area contributed by atoms with Gasteiger partial charge in [0, 0.05) is 12.2 Å². The molecule has 1 aromatic rings. The van der Waals surface area contributed by atoms with E-state index in [0.29, 0.717) is 18.1 Å². The fraction of sp³-hybridized carbons (Fsp3) is 0.529. The Balaban J connectivity index is 0.00000208. The summed E-state index contributed by atoms with van der Waals surface area (Å²) in [6, 6.07) is 9.70. The van der Waals surface area contributed by atoms with Crippen molar-refractivity contribution in [1.29, 1.82) is 0 Å². The minimum absolute atomic E-state index is 0. The maximum absolute atomic E-state index is 12.0. The van der Waals surface area contributed by atoms with E-state index in [-0.39, 0.29) is 42.5 Å². The molecule has 132 valence electrons. The van der Waals surface area contributed by atoms with Crippen molar-refractivity contribution in [2.75, 3.05) is 18.4 Å². The van der Waals surface area contributed by atoms with E-state index in [2.05, 4.69) is 20.9 Å². The first kappa shape index (κ1) is 19.0. The van der Waals surface area contributed by atoms with Crippen LogP contribution < -0.4 is 16.0 Å². The van der Waals surface area contributed by atoms with Crippen LogP contribution in [0.1, 0.15) is 26.2 Å². The standard InChI is InChI=1S/C17H24N4O2.HI/c1-2-18-17(21-14-10-13-8-9-15(14)23-13)19-11-16(22)20-12-6-4-3-5-7-12;/h3-7,13-15H,2,8-11H2,1H3,(H,20,22)(H2,18,19,21);1H. The number of nitrogens with one attached hydrogen (secondary N) is 3. The molecule has 0 aliphatic carbocycles. The molecule has 3 unspecified atom stereocenters. The predicted molar refractivity (Wildman–Crippen MR) is 106 cm³/mol. The van der Waals surface area contributed by atoms with Gasteiger partial charge in [-0.15, -0.1) is 24.0 Å². The molecule has 2 aliphatic heterocycles. The Kier molecular flexibility index (Phi) is 7.29. The molecule has 0 aromatic heterocycles. The molecular formula is C17H25IN4O2. The van der Waals surface area contributed by atoms with Crippen molar-refractivity contribution < 1.29 is 9.53 Å². The second-order valence-electron chi connectivity index (χ2n) is 5.97. The second kappa shape index (κ2) is 9.22. The number of aliphatic imine (C=N–C) groups is 1. The summed E-state index contributed by atoms with van der Waals surface area (Å²) in [5.41, 5.74) is 0.784.